The molecule has 0 radical (unpaired) electrons. The highest BCUT2D eigenvalue weighted by molar-refractivity contribution is 7.89. The minimum Gasteiger partial charge on any atom is -0.395 e. The average Bonchev–Trinajstić information content (AvgIpc) is 2.26. The quantitative estimate of drug-likeness (QED) is 0.882. The lowest BCUT2D eigenvalue weighted by Crippen LogP contribution is -2.45. The Labute approximate surface area is 108 Å². The van der Waals surface area contributed by atoms with E-state index in [1.807, 2.05) is 13.0 Å². The van der Waals surface area contributed by atoms with Crippen molar-refractivity contribution in [3.05, 3.63) is 29.8 Å². The molecule has 0 bridgehead atoms. The van der Waals surface area contributed by atoms with Crippen LogP contribution in [0.1, 0.15) is 24.8 Å². The van der Waals surface area contributed by atoms with Crippen molar-refractivity contribution in [2.45, 2.75) is 37.1 Å². The lowest BCUT2D eigenvalue weighted by Gasteiger charge is -2.36. The van der Waals surface area contributed by atoms with E-state index in [0.717, 1.165) is 24.8 Å². The second-order valence-electron chi connectivity index (χ2n) is 4.74. The molecule has 0 amide bonds. The van der Waals surface area contributed by atoms with Crippen molar-refractivity contribution in [3.63, 3.8) is 0 Å². The fourth-order valence-corrected chi connectivity index (χ4v) is 3.96. The van der Waals surface area contributed by atoms with Crippen molar-refractivity contribution in [2.24, 2.45) is 0 Å². The van der Waals surface area contributed by atoms with Crippen LogP contribution in [0.2, 0.25) is 0 Å². The summed E-state index contributed by atoms with van der Waals surface area (Å²) in [6.07, 6.45) is 2.85. The third kappa shape index (κ3) is 2.58. The first kappa shape index (κ1) is 13.5. The molecule has 1 aliphatic carbocycles. The van der Waals surface area contributed by atoms with Crippen LogP contribution in [0.15, 0.2) is 29.2 Å². The Morgan fingerprint density at radius 1 is 1.39 bits per heavy atom. The number of aliphatic hydroxyl groups is 1. The minimum atomic E-state index is -3.47. The van der Waals surface area contributed by atoms with Gasteiger partial charge < -0.3 is 5.11 Å². The smallest absolute Gasteiger partial charge is 0.243 e. The molecule has 0 aromatic heterocycles. The number of sulfonamides is 1. The highest BCUT2D eigenvalue weighted by Gasteiger charge is 2.34. The standard InChI is InChI=1S/C13H19NO3S/c1-11-4-2-7-13(10-11)18(16,17)14(8-9-15)12-5-3-6-12/h2,4,7,10,12,15H,3,5-6,8-9H2,1H3. The number of aliphatic hydroxyl groups excluding tert-OH is 1. The molecule has 1 N–H and O–H groups in total. The molecule has 1 aliphatic rings. The predicted octanol–water partition coefficient (Wildman–Crippen LogP) is 1.53. The predicted molar refractivity (Wildman–Crippen MR) is 69.8 cm³/mol. The van der Waals surface area contributed by atoms with Gasteiger partial charge in [0.15, 0.2) is 0 Å². The summed E-state index contributed by atoms with van der Waals surface area (Å²) >= 11 is 0. The maximum atomic E-state index is 12.5. The zero-order valence-corrected chi connectivity index (χ0v) is 11.4. The van der Waals surface area contributed by atoms with E-state index < -0.39 is 10.0 Å². The molecule has 5 heteroatoms. The summed E-state index contributed by atoms with van der Waals surface area (Å²) in [5, 5.41) is 9.06. The lowest BCUT2D eigenvalue weighted by atomic mass is 9.93. The molecular weight excluding hydrogens is 250 g/mol. The van der Waals surface area contributed by atoms with Crippen LogP contribution >= 0.6 is 0 Å². The third-order valence-corrected chi connectivity index (χ3v) is 5.35. The van der Waals surface area contributed by atoms with Crippen LogP contribution in [-0.4, -0.2) is 37.0 Å². The van der Waals surface area contributed by atoms with Gasteiger partial charge in [-0.1, -0.05) is 18.6 Å². The monoisotopic (exact) mass is 269 g/mol. The second kappa shape index (κ2) is 5.38. The molecule has 100 valence electrons. The summed E-state index contributed by atoms with van der Waals surface area (Å²) in [6, 6.07) is 6.98. The highest BCUT2D eigenvalue weighted by Crippen LogP contribution is 2.29. The first-order chi connectivity index (χ1) is 8.55. The molecule has 0 atom stereocenters. The second-order valence-corrected chi connectivity index (χ2v) is 6.63. The number of hydrogen-bond donors (Lipinski definition) is 1. The van der Waals surface area contributed by atoms with E-state index in [0.29, 0.717) is 4.90 Å². The molecule has 0 unspecified atom stereocenters. The van der Waals surface area contributed by atoms with Crippen LogP contribution in [0.5, 0.6) is 0 Å². The van der Waals surface area contributed by atoms with Gasteiger partial charge in [-0.2, -0.15) is 4.31 Å². The van der Waals surface area contributed by atoms with Gasteiger partial charge in [0.2, 0.25) is 10.0 Å². The van der Waals surface area contributed by atoms with E-state index in [-0.39, 0.29) is 19.2 Å². The van der Waals surface area contributed by atoms with Gasteiger partial charge in [-0.15, -0.1) is 0 Å². The van der Waals surface area contributed by atoms with Crippen molar-refractivity contribution in [1.29, 1.82) is 0 Å². The van der Waals surface area contributed by atoms with E-state index >= 15 is 0 Å². The van der Waals surface area contributed by atoms with E-state index in [2.05, 4.69) is 0 Å². The number of nitrogens with zero attached hydrogens (tertiary/aromatic N) is 1. The Morgan fingerprint density at radius 2 is 2.11 bits per heavy atom. The molecule has 2 rings (SSSR count). The molecule has 0 saturated heterocycles. The highest BCUT2D eigenvalue weighted by atomic mass is 32.2. The van der Waals surface area contributed by atoms with Crippen LogP contribution < -0.4 is 0 Å². The largest absolute Gasteiger partial charge is 0.395 e. The number of benzene rings is 1. The molecule has 1 fully saturated rings. The maximum Gasteiger partial charge on any atom is 0.243 e. The fourth-order valence-electron chi connectivity index (χ4n) is 2.18. The van der Waals surface area contributed by atoms with Gasteiger partial charge in [-0.25, -0.2) is 8.42 Å². The van der Waals surface area contributed by atoms with Crippen molar-refractivity contribution < 1.29 is 13.5 Å². The van der Waals surface area contributed by atoms with Gasteiger partial charge in [0.05, 0.1) is 11.5 Å². The molecule has 1 aromatic rings. The normalized spacial score (nSPS) is 16.8. The summed E-state index contributed by atoms with van der Waals surface area (Å²) in [5.41, 5.74) is 0.925. The Morgan fingerprint density at radius 3 is 2.61 bits per heavy atom. The first-order valence-electron chi connectivity index (χ1n) is 6.25. The summed E-state index contributed by atoms with van der Waals surface area (Å²) in [4.78, 5) is 0.322. The summed E-state index contributed by atoms with van der Waals surface area (Å²) in [7, 11) is -3.47. The average molecular weight is 269 g/mol. The van der Waals surface area contributed by atoms with Crippen LogP contribution in [0.4, 0.5) is 0 Å². The van der Waals surface area contributed by atoms with Crippen molar-refractivity contribution in [1.82, 2.24) is 4.31 Å². The van der Waals surface area contributed by atoms with Crippen molar-refractivity contribution >= 4 is 10.0 Å². The molecule has 18 heavy (non-hydrogen) atoms. The topological polar surface area (TPSA) is 57.6 Å². The third-order valence-electron chi connectivity index (χ3n) is 3.40. The zero-order valence-electron chi connectivity index (χ0n) is 10.5. The van der Waals surface area contributed by atoms with E-state index in [1.54, 1.807) is 18.2 Å². The van der Waals surface area contributed by atoms with Gasteiger partial charge >= 0.3 is 0 Å². The molecule has 1 saturated carbocycles. The number of aryl methyl sites for hydroxylation is 1. The van der Waals surface area contributed by atoms with Gasteiger partial charge in [0, 0.05) is 12.6 Å². The minimum absolute atomic E-state index is 0.0580. The van der Waals surface area contributed by atoms with Crippen LogP contribution in [0.25, 0.3) is 0 Å². The Bertz CT molecular complexity index is 509. The Hall–Kier alpha value is -0.910. The summed E-state index contributed by atoms with van der Waals surface area (Å²) in [6.45, 7) is 1.92. The van der Waals surface area contributed by atoms with Gasteiger partial charge in [0.1, 0.15) is 0 Å². The molecule has 0 aliphatic heterocycles. The Balaban J connectivity index is 2.32. The van der Waals surface area contributed by atoms with Crippen LogP contribution in [0, 0.1) is 6.92 Å². The van der Waals surface area contributed by atoms with Crippen molar-refractivity contribution in [2.75, 3.05) is 13.2 Å². The lowest BCUT2D eigenvalue weighted by molar-refractivity contribution is 0.178. The molecular formula is C13H19NO3S. The molecule has 1 aromatic carbocycles. The van der Waals surface area contributed by atoms with Crippen LogP contribution in [-0.2, 0) is 10.0 Å². The maximum absolute atomic E-state index is 12.5. The molecule has 0 heterocycles. The van der Waals surface area contributed by atoms with E-state index in [1.165, 1.54) is 4.31 Å². The molecule has 4 nitrogen and oxygen atoms in total. The summed E-state index contributed by atoms with van der Waals surface area (Å²) in [5.74, 6) is 0. The summed E-state index contributed by atoms with van der Waals surface area (Å²) < 4.78 is 26.5. The van der Waals surface area contributed by atoms with Gasteiger partial charge in [-0.3, -0.25) is 0 Å². The van der Waals surface area contributed by atoms with Crippen LogP contribution in [0.3, 0.4) is 0 Å². The van der Waals surface area contributed by atoms with Gasteiger partial charge in [0.25, 0.3) is 0 Å². The van der Waals surface area contributed by atoms with Crippen molar-refractivity contribution in [3.8, 4) is 0 Å². The number of rotatable bonds is 5. The first-order valence-corrected chi connectivity index (χ1v) is 7.69. The Kier molecular flexibility index (Phi) is 4.04. The van der Waals surface area contributed by atoms with E-state index in [4.69, 9.17) is 5.11 Å². The van der Waals surface area contributed by atoms with Gasteiger partial charge in [-0.05, 0) is 37.5 Å². The zero-order chi connectivity index (χ0) is 13.2. The van der Waals surface area contributed by atoms with E-state index in [9.17, 15) is 8.42 Å². The number of hydrogen-bond acceptors (Lipinski definition) is 3. The fraction of sp³-hybridized carbons (Fsp3) is 0.538. The SMILES string of the molecule is Cc1cccc(S(=O)(=O)N(CCO)C2CCC2)c1. The molecule has 0 spiro atoms.